The summed E-state index contributed by atoms with van der Waals surface area (Å²) < 4.78 is 13.0. The van der Waals surface area contributed by atoms with Gasteiger partial charge in [-0.15, -0.1) is 0 Å². The zero-order chi connectivity index (χ0) is 19.9. The second kappa shape index (κ2) is 9.77. The van der Waals surface area contributed by atoms with Crippen LogP contribution in [0.1, 0.15) is 41.2 Å². The van der Waals surface area contributed by atoms with Crippen molar-refractivity contribution in [2.75, 3.05) is 20.1 Å². The van der Waals surface area contributed by atoms with E-state index >= 15 is 0 Å². The van der Waals surface area contributed by atoms with E-state index in [-0.39, 0.29) is 30.2 Å². The number of likely N-dealkylation sites (N-methyl/N-ethyl adjacent to an activating group) is 1. The first-order valence-electron chi connectivity index (χ1n) is 9.34. The molecule has 1 fully saturated rings. The Labute approximate surface area is 168 Å². The minimum atomic E-state index is -0.231. The number of hydrogen-bond acceptors (Lipinski definition) is 5. The molecule has 150 valence electrons. The van der Waals surface area contributed by atoms with Crippen LogP contribution in [0.2, 0.25) is 0 Å². The van der Waals surface area contributed by atoms with Crippen LogP contribution in [0.25, 0.3) is 0 Å². The number of benzene rings is 1. The zero-order valence-electron chi connectivity index (χ0n) is 15.8. The highest BCUT2D eigenvalue weighted by molar-refractivity contribution is 7.08. The van der Waals surface area contributed by atoms with Gasteiger partial charge in [-0.1, -0.05) is 12.1 Å². The SMILES string of the molecule is CN(CCCC1CC(c2ccc(F)cc2)NN1)C(=O)CNC(=O)c1ccsc1. The molecule has 1 aliphatic heterocycles. The molecule has 6 nitrogen and oxygen atoms in total. The van der Waals surface area contributed by atoms with Gasteiger partial charge in [0.15, 0.2) is 0 Å². The summed E-state index contributed by atoms with van der Waals surface area (Å²) in [6.07, 6.45) is 2.69. The first-order chi connectivity index (χ1) is 13.5. The molecule has 2 heterocycles. The predicted octanol–water partition coefficient (Wildman–Crippen LogP) is 2.46. The van der Waals surface area contributed by atoms with Gasteiger partial charge in [0.25, 0.3) is 5.91 Å². The Morgan fingerprint density at radius 1 is 1.25 bits per heavy atom. The van der Waals surface area contributed by atoms with Crippen LogP contribution in [0.4, 0.5) is 4.39 Å². The lowest BCUT2D eigenvalue weighted by atomic mass is 9.99. The Balaban J connectivity index is 1.33. The second-order valence-electron chi connectivity index (χ2n) is 6.98. The monoisotopic (exact) mass is 404 g/mol. The number of amides is 2. The normalized spacial score (nSPS) is 18.8. The van der Waals surface area contributed by atoms with Crippen molar-refractivity contribution >= 4 is 23.2 Å². The van der Waals surface area contributed by atoms with E-state index < -0.39 is 0 Å². The van der Waals surface area contributed by atoms with Crippen molar-refractivity contribution in [1.29, 1.82) is 0 Å². The van der Waals surface area contributed by atoms with Gasteiger partial charge >= 0.3 is 0 Å². The number of hydrogen-bond donors (Lipinski definition) is 3. The van der Waals surface area contributed by atoms with Crippen molar-refractivity contribution in [3.8, 4) is 0 Å². The second-order valence-corrected chi connectivity index (χ2v) is 7.76. The minimum Gasteiger partial charge on any atom is -0.344 e. The average Bonchev–Trinajstić information content (AvgIpc) is 3.38. The first-order valence-corrected chi connectivity index (χ1v) is 10.3. The lowest BCUT2D eigenvalue weighted by molar-refractivity contribution is -0.128. The Bertz CT molecular complexity index is 782. The molecule has 1 aromatic heterocycles. The molecule has 3 rings (SSSR count). The molecule has 2 atom stereocenters. The molecule has 1 aliphatic rings. The highest BCUT2D eigenvalue weighted by Gasteiger charge is 2.24. The van der Waals surface area contributed by atoms with Gasteiger partial charge in [-0.05, 0) is 48.4 Å². The van der Waals surface area contributed by atoms with E-state index in [1.807, 2.05) is 5.38 Å². The topological polar surface area (TPSA) is 73.5 Å². The highest BCUT2D eigenvalue weighted by Crippen LogP contribution is 2.24. The van der Waals surface area contributed by atoms with Gasteiger partial charge in [0, 0.05) is 36.6 Å². The van der Waals surface area contributed by atoms with Gasteiger partial charge in [-0.2, -0.15) is 11.3 Å². The number of carbonyl (C=O) groups excluding carboxylic acids is 2. The van der Waals surface area contributed by atoms with Gasteiger partial charge in [-0.25, -0.2) is 4.39 Å². The summed E-state index contributed by atoms with van der Waals surface area (Å²) in [7, 11) is 1.75. The Hall–Kier alpha value is -2.29. The average molecular weight is 405 g/mol. The van der Waals surface area contributed by atoms with Crippen LogP contribution in [0.3, 0.4) is 0 Å². The number of nitrogens with one attached hydrogen (secondary N) is 3. The molecule has 3 N–H and O–H groups in total. The molecular weight excluding hydrogens is 379 g/mol. The molecule has 0 saturated carbocycles. The van der Waals surface area contributed by atoms with Gasteiger partial charge in [0.1, 0.15) is 5.82 Å². The smallest absolute Gasteiger partial charge is 0.252 e. The molecule has 0 radical (unpaired) electrons. The number of thiophene rings is 1. The first kappa shape index (κ1) is 20.4. The van der Waals surface area contributed by atoms with E-state index in [2.05, 4.69) is 16.2 Å². The van der Waals surface area contributed by atoms with Crippen LogP contribution in [-0.4, -0.2) is 42.9 Å². The van der Waals surface area contributed by atoms with Gasteiger partial charge in [-0.3, -0.25) is 20.4 Å². The maximum absolute atomic E-state index is 13.0. The fraction of sp³-hybridized carbons (Fsp3) is 0.400. The number of nitrogens with zero attached hydrogens (tertiary/aromatic N) is 1. The third-order valence-corrected chi connectivity index (χ3v) is 5.59. The van der Waals surface area contributed by atoms with Gasteiger partial charge in [0.2, 0.25) is 5.91 Å². The number of rotatable bonds is 8. The van der Waals surface area contributed by atoms with E-state index in [0.717, 1.165) is 24.8 Å². The van der Waals surface area contributed by atoms with Crippen molar-refractivity contribution in [2.24, 2.45) is 0 Å². The molecule has 28 heavy (non-hydrogen) atoms. The third kappa shape index (κ3) is 5.60. The molecule has 0 bridgehead atoms. The molecule has 2 aromatic rings. The van der Waals surface area contributed by atoms with E-state index in [0.29, 0.717) is 18.2 Å². The summed E-state index contributed by atoms with van der Waals surface area (Å²) in [6, 6.07) is 8.75. The number of hydrazine groups is 1. The maximum atomic E-state index is 13.0. The van der Waals surface area contributed by atoms with Crippen LogP contribution in [-0.2, 0) is 4.79 Å². The van der Waals surface area contributed by atoms with Crippen molar-refractivity contribution < 1.29 is 14.0 Å². The summed E-state index contributed by atoms with van der Waals surface area (Å²) in [5, 5.41) is 6.24. The Kier molecular flexibility index (Phi) is 7.13. The van der Waals surface area contributed by atoms with E-state index in [4.69, 9.17) is 0 Å². The maximum Gasteiger partial charge on any atom is 0.252 e. The molecule has 1 aromatic carbocycles. The zero-order valence-corrected chi connectivity index (χ0v) is 16.6. The summed E-state index contributed by atoms with van der Waals surface area (Å²) in [5.74, 6) is -0.563. The van der Waals surface area contributed by atoms with Crippen molar-refractivity contribution in [2.45, 2.75) is 31.3 Å². The fourth-order valence-electron chi connectivity index (χ4n) is 3.21. The quantitative estimate of drug-likeness (QED) is 0.632. The summed E-state index contributed by atoms with van der Waals surface area (Å²) in [5.41, 5.74) is 8.16. The van der Waals surface area contributed by atoms with Crippen LogP contribution in [0.15, 0.2) is 41.1 Å². The van der Waals surface area contributed by atoms with Crippen molar-refractivity contribution in [3.63, 3.8) is 0 Å². The van der Waals surface area contributed by atoms with Crippen molar-refractivity contribution in [1.82, 2.24) is 21.1 Å². The molecule has 0 aliphatic carbocycles. The standard InChI is InChI=1S/C20H25FN4O2S/c1-25(19(26)12-22-20(27)15-8-10-28-13-15)9-2-3-17-11-18(24-23-17)14-4-6-16(21)7-5-14/h4-8,10,13,17-18,23-24H,2-3,9,11-12H2,1H3,(H,22,27). The van der Waals surface area contributed by atoms with E-state index in [9.17, 15) is 14.0 Å². The lowest BCUT2D eigenvalue weighted by Gasteiger charge is -2.18. The van der Waals surface area contributed by atoms with Gasteiger partial charge < -0.3 is 10.2 Å². The highest BCUT2D eigenvalue weighted by atomic mass is 32.1. The Morgan fingerprint density at radius 2 is 2.04 bits per heavy atom. The Morgan fingerprint density at radius 3 is 2.75 bits per heavy atom. The third-order valence-electron chi connectivity index (χ3n) is 4.91. The molecule has 8 heteroatoms. The van der Waals surface area contributed by atoms with Crippen LogP contribution < -0.4 is 16.2 Å². The van der Waals surface area contributed by atoms with Gasteiger partial charge in [0.05, 0.1) is 6.54 Å². The number of halogens is 1. The van der Waals surface area contributed by atoms with E-state index in [1.165, 1.54) is 23.5 Å². The molecular formula is C20H25FN4O2S. The largest absolute Gasteiger partial charge is 0.344 e. The lowest BCUT2D eigenvalue weighted by Crippen LogP contribution is -2.39. The summed E-state index contributed by atoms with van der Waals surface area (Å²) in [6.45, 7) is 0.633. The molecule has 2 unspecified atom stereocenters. The molecule has 1 saturated heterocycles. The summed E-state index contributed by atoms with van der Waals surface area (Å²) >= 11 is 1.45. The van der Waals surface area contributed by atoms with Crippen LogP contribution >= 0.6 is 11.3 Å². The fourth-order valence-corrected chi connectivity index (χ4v) is 3.85. The summed E-state index contributed by atoms with van der Waals surface area (Å²) in [4.78, 5) is 25.7. The molecule has 2 amide bonds. The van der Waals surface area contributed by atoms with E-state index in [1.54, 1.807) is 35.5 Å². The van der Waals surface area contributed by atoms with Crippen LogP contribution in [0, 0.1) is 5.82 Å². The predicted molar refractivity (Wildman–Crippen MR) is 107 cm³/mol. The van der Waals surface area contributed by atoms with Crippen molar-refractivity contribution in [3.05, 3.63) is 58.0 Å². The molecule has 0 spiro atoms. The number of carbonyl (C=O) groups is 2. The minimum absolute atomic E-state index is 0.00105. The van der Waals surface area contributed by atoms with Crippen LogP contribution in [0.5, 0.6) is 0 Å².